The van der Waals surface area contributed by atoms with Crippen molar-refractivity contribution in [1.29, 1.82) is 0 Å². The molecule has 25 heavy (non-hydrogen) atoms. The maximum absolute atomic E-state index is 12.4. The van der Waals surface area contributed by atoms with E-state index in [1.807, 2.05) is 0 Å². The number of rotatable bonds is 4. The van der Waals surface area contributed by atoms with Crippen molar-refractivity contribution < 1.29 is 26.3 Å². The van der Waals surface area contributed by atoms with E-state index in [4.69, 9.17) is 0 Å². The lowest BCUT2D eigenvalue weighted by atomic mass is 10.2. The first kappa shape index (κ1) is 18.0. The lowest BCUT2D eigenvalue weighted by Gasteiger charge is -2.10. The fourth-order valence-corrected chi connectivity index (χ4v) is 4.90. The summed E-state index contributed by atoms with van der Waals surface area (Å²) in [6.07, 6.45) is -0.0388. The zero-order valence-corrected chi connectivity index (χ0v) is 14.6. The second-order valence-electron chi connectivity index (χ2n) is 5.58. The van der Waals surface area contributed by atoms with Crippen molar-refractivity contribution in [2.24, 2.45) is 0 Å². The number of alkyl halides is 3. The lowest BCUT2D eigenvalue weighted by molar-refractivity contribution is -0.274. The van der Waals surface area contributed by atoms with Crippen molar-refractivity contribution in [3.8, 4) is 5.75 Å². The largest absolute Gasteiger partial charge is 0.573 e. The molecule has 1 aromatic carbocycles. The molecule has 136 valence electrons. The molecule has 0 amide bonds. The van der Waals surface area contributed by atoms with E-state index in [0.29, 0.717) is 0 Å². The minimum atomic E-state index is -4.89. The van der Waals surface area contributed by atoms with Gasteiger partial charge in [-0.2, -0.15) is 0 Å². The van der Waals surface area contributed by atoms with Gasteiger partial charge in [-0.15, -0.1) is 24.5 Å². The summed E-state index contributed by atoms with van der Waals surface area (Å²) in [6, 6.07) is 4.25. The topological polar surface area (TPSA) is 68.3 Å². The van der Waals surface area contributed by atoms with Crippen molar-refractivity contribution >= 4 is 26.5 Å². The van der Waals surface area contributed by atoms with Gasteiger partial charge < -0.3 is 4.74 Å². The summed E-state index contributed by atoms with van der Waals surface area (Å²) < 4.78 is 67.8. The molecule has 0 atom stereocenters. The van der Waals surface area contributed by atoms with Gasteiger partial charge in [0.25, 0.3) is 10.0 Å². The van der Waals surface area contributed by atoms with Gasteiger partial charge in [0.05, 0.1) is 10.6 Å². The molecule has 0 saturated carbocycles. The summed E-state index contributed by atoms with van der Waals surface area (Å²) in [7, 11) is -4.05. The number of thiazole rings is 1. The van der Waals surface area contributed by atoms with Crippen LogP contribution >= 0.6 is 11.3 Å². The predicted molar refractivity (Wildman–Crippen MR) is 87.3 cm³/mol. The quantitative estimate of drug-likeness (QED) is 0.795. The van der Waals surface area contributed by atoms with Crippen molar-refractivity contribution in [3.63, 3.8) is 0 Å². The van der Waals surface area contributed by atoms with Crippen LogP contribution in [-0.2, 0) is 22.9 Å². The van der Waals surface area contributed by atoms with Crippen LogP contribution in [0.3, 0.4) is 0 Å². The van der Waals surface area contributed by atoms with Crippen LogP contribution in [0.2, 0.25) is 0 Å². The summed E-state index contributed by atoms with van der Waals surface area (Å²) in [6.45, 7) is 0. The van der Waals surface area contributed by atoms with E-state index in [1.54, 1.807) is 0 Å². The minimum Gasteiger partial charge on any atom is -0.406 e. The van der Waals surface area contributed by atoms with E-state index in [0.717, 1.165) is 54.8 Å². The van der Waals surface area contributed by atoms with Crippen LogP contribution in [-0.4, -0.2) is 19.8 Å². The van der Waals surface area contributed by atoms with Crippen molar-refractivity contribution in [1.82, 2.24) is 4.98 Å². The fraction of sp³-hybridized carbons (Fsp3) is 0.400. The van der Waals surface area contributed by atoms with E-state index in [2.05, 4.69) is 14.4 Å². The monoisotopic (exact) mass is 392 g/mol. The van der Waals surface area contributed by atoms with Gasteiger partial charge in [-0.05, 0) is 37.8 Å². The average Bonchev–Trinajstić information content (AvgIpc) is 2.73. The van der Waals surface area contributed by atoms with E-state index < -0.39 is 22.1 Å². The molecule has 1 aliphatic rings. The molecule has 2 aromatic rings. The Kier molecular flexibility index (Phi) is 4.92. The number of hydrogen-bond acceptors (Lipinski definition) is 5. The van der Waals surface area contributed by atoms with Crippen LogP contribution in [0.15, 0.2) is 29.2 Å². The van der Waals surface area contributed by atoms with Gasteiger partial charge in [0.15, 0.2) is 5.13 Å². The molecule has 10 heteroatoms. The smallest absolute Gasteiger partial charge is 0.406 e. The van der Waals surface area contributed by atoms with E-state index in [1.165, 1.54) is 23.5 Å². The Labute approximate surface area is 146 Å². The molecule has 0 unspecified atom stereocenters. The third-order valence-corrected chi connectivity index (χ3v) is 6.21. The number of halogens is 3. The number of nitrogens with one attached hydrogen (secondary N) is 1. The fourth-order valence-electron chi connectivity index (χ4n) is 2.58. The molecular weight excluding hydrogens is 377 g/mol. The number of aromatic nitrogens is 1. The summed E-state index contributed by atoms with van der Waals surface area (Å²) in [4.78, 5) is 5.06. The van der Waals surface area contributed by atoms with Gasteiger partial charge >= 0.3 is 6.36 Å². The number of ether oxygens (including phenoxy) is 1. The second kappa shape index (κ2) is 6.83. The zero-order chi connectivity index (χ0) is 18.1. The number of hydrogen-bond donors (Lipinski definition) is 1. The molecule has 1 aromatic heterocycles. The van der Waals surface area contributed by atoms with Gasteiger partial charge in [0, 0.05) is 10.9 Å². The van der Waals surface area contributed by atoms with E-state index in [-0.39, 0.29) is 10.0 Å². The Morgan fingerprint density at radius 1 is 1.16 bits per heavy atom. The standard InChI is InChI=1S/C15H15F3N2O3S2/c16-15(17,18)23-10-5-4-6-11(9-10)25(21,22)20-14-19-12-7-2-1-3-8-13(12)24-14/h4-6,9H,1-3,7-8H2,(H,19,20). The summed E-state index contributed by atoms with van der Waals surface area (Å²) in [5.41, 5.74) is 0.898. The Bertz CT molecular complexity index is 840. The molecule has 1 N–H and O–H groups in total. The third-order valence-electron chi connectivity index (χ3n) is 3.67. The Balaban J connectivity index is 1.81. The predicted octanol–water partition coefficient (Wildman–Crippen LogP) is 4.11. The lowest BCUT2D eigenvalue weighted by Crippen LogP contribution is -2.18. The second-order valence-corrected chi connectivity index (χ2v) is 8.34. The zero-order valence-electron chi connectivity index (χ0n) is 13.0. The Morgan fingerprint density at radius 2 is 1.92 bits per heavy atom. The first-order valence-electron chi connectivity index (χ1n) is 7.60. The van der Waals surface area contributed by atoms with Crippen LogP contribution in [0.4, 0.5) is 18.3 Å². The van der Waals surface area contributed by atoms with Crippen molar-refractivity contribution in [2.45, 2.75) is 43.4 Å². The van der Waals surface area contributed by atoms with Gasteiger partial charge in [-0.3, -0.25) is 4.72 Å². The van der Waals surface area contributed by atoms with Crippen LogP contribution in [0.25, 0.3) is 0 Å². The van der Waals surface area contributed by atoms with Gasteiger partial charge in [-0.25, -0.2) is 13.4 Å². The van der Waals surface area contributed by atoms with Crippen LogP contribution in [0, 0.1) is 0 Å². The third kappa shape index (κ3) is 4.63. The molecule has 0 radical (unpaired) electrons. The van der Waals surface area contributed by atoms with Gasteiger partial charge in [0.2, 0.25) is 0 Å². The molecule has 0 spiro atoms. The number of fused-ring (bicyclic) bond motifs is 1. The molecule has 0 fully saturated rings. The summed E-state index contributed by atoms with van der Waals surface area (Å²) in [5.74, 6) is -0.592. The molecule has 5 nitrogen and oxygen atoms in total. The van der Waals surface area contributed by atoms with E-state index in [9.17, 15) is 21.6 Å². The van der Waals surface area contributed by atoms with Gasteiger partial charge in [-0.1, -0.05) is 12.5 Å². The summed E-state index contributed by atoms with van der Waals surface area (Å²) in [5, 5.41) is 0.231. The number of aryl methyl sites for hydroxylation is 2. The highest BCUT2D eigenvalue weighted by Crippen LogP contribution is 2.31. The average molecular weight is 392 g/mol. The number of benzene rings is 1. The Hall–Kier alpha value is -1.81. The SMILES string of the molecule is O=S(=O)(Nc1nc2c(s1)CCCCC2)c1cccc(OC(F)(F)F)c1. The number of sulfonamides is 1. The number of nitrogens with zero attached hydrogens (tertiary/aromatic N) is 1. The van der Waals surface area contributed by atoms with Gasteiger partial charge in [0.1, 0.15) is 5.75 Å². The minimum absolute atomic E-state index is 0.231. The first-order chi connectivity index (χ1) is 11.7. The highest BCUT2D eigenvalue weighted by Gasteiger charge is 2.31. The molecule has 1 aliphatic carbocycles. The Morgan fingerprint density at radius 3 is 2.68 bits per heavy atom. The molecular formula is C15H15F3N2O3S2. The maximum atomic E-state index is 12.4. The molecule has 3 rings (SSSR count). The van der Waals surface area contributed by atoms with Crippen molar-refractivity contribution in [2.75, 3.05) is 4.72 Å². The first-order valence-corrected chi connectivity index (χ1v) is 9.90. The molecule has 0 bridgehead atoms. The number of anilines is 1. The van der Waals surface area contributed by atoms with E-state index >= 15 is 0 Å². The highest BCUT2D eigenvalue weighted by atomic mass is 32.2. The maximum Gasteiger partial charge on any atom is 0.573 e. The van der Waals surface area contributed by atoms with Crippen LogP contribution in [0.5, 0.6) is 5.75 Å². The molecule has 0 aliphatic heterocycles. The summed E-state index contributed by atoms with van der Waals surface area (Å²) >= 11 is 1.27. The van der Waals surface area contributed by atoms with Crippen molar-refractivity contribution in [3.05, 3.63) is 34.8 Å². The normalized spacial score (nSPS) is 15.3. The van der Waals surface area contributed by atoms with Crippen LogP contribution < -0.4 is 9.46 Å². The molecule has 0 saturated heterocycles. The van der Waals surface area contributed by atoms with Crippen LogP contribution in [0.1, 0.15) is 29.8 Å². The molecule has 1 heterocycles. The highest BCUT2D eigenvalue weighted by molar-refractivity contribution is 7.93.